The van der Waals surface area contributed by atoms with Crippen molar-refractivity contribution >= 4 is 39.1 Å². The lowest BCUT2D eigenvalue weighted by Crippen LogP contribution is -2.18. The molecule has 0 amide bonds. The van der Waals surface area contributed by atoms with Gasteiger partial charge in [0.15, 0.2) is 0 Å². The number of phosphoric acid groups is 5. The lowest BCUT2D eigenvalue weighted by Gasteiger charge is -2.22. The van der Waals surface area contributed by atoms with Crippen LogP contribution in [0.5, 0.6) is 0 Å². The molecule has 0 saturated heterocycles. The first-order valence-corrected chi connectivity index (χ1v) is 19.4. The highest BCUT2D eigenvalue weighted by atomic mass is 31.2. The third-order valence-corrected chi connectivity index (χ3v) is 8.72. The predicted molar refractivity (Wildman–Crippen MR) is 143 cm³/mol. The van der Waals surface area contributed by atoms with E-state index in [1.165, 1.54) is 20.8 Å². The van der Waals surface area contributed by atoms with Gasteiger partial charge in [-0.15, -0.1) is 0 Å². The molecule has 0 heterocycles. The van der Waals surface area contributed by atoms with Crippen LogP contribution < -0.4 is 0 Å². The molecule has 0 aliphatic rings. The Morgan fingerprint density at radius 2 is 0.619 bits per heavy atom. The van der Waals surface area contributed by atoms with Crippen LogP contribution in [-0.4, -0.2) is 89.5 Å². The molecule has 5 atom stereocenters. The van der Waals surface area contributed by atoms with E-state index in [9.17, 15) is 47.3 Å². The molecule has 0 aromatic heterocycles. The van der Waals surface area contributed by atoms with Gasteiger partial charge >= 0.3 is 39.1 Å². The second-order valence-corrected chi connectivity index (χ2v) is 17.2. The maximum atomic E-state index is 11.8. The molecular weight excluding hydrogens is 679 g/mol. The van der Waals surface area contributed by atoms with Crippen molar-refractivity contribution in [1.29, 1.82) is 0 Å². The van der Waals surface area contributed by atoms with E-state index in [1.807, 2.05) is 0 Å². The summed E-state index contributed by atoms with van der Waals surface area (Å²) in [4.78, 5) is 47.7. The first kappa shape index (κ1) is 42.6. The van der Waals surface area contributed by atoms with Crippen LogP contribution in [0.1, 0.15) is 41.5 Å². The molecule has 5 unspecified atom stereocenters. The van der Waals surface area contributed by atoms with Crippen molar-refractivity contribution < 1.29 is 92.5 Å². The summed E-state index contributed by atoms with van der Waals surface area (Å²) < 4.78 is 104. The van der Waals surface area contributed by atoms with E-state index in [0.717, 1.165) is 0 Å². The SMILES string of the molecule is CC(C)(C)COP(=O)(O)OCCOP(=O)(O)OCCOP(=O)(O)OCCOP(=O)(O)OCCOP(=O)(O)OC(C)(C)C. The Bertz CT molecular complexity index is 1040. The lowest BCUT2D eigenvalue weighted by molar-refractivity contribution is 0.0498. The predicted octanol–water partition coefficient (Wildman–Crippen LogP) is 3.50. The lowest BCUT2D eigenvalue weighted by atomic mass is 9.99. The highest BCUT2D eigenvalue weighted by Gasteiger charge is 2.30. The summed E-state index contributed by atoms with van der Waals surface area (Å²) >= 11 is 0. The van der Waals surface area contributed by atoms with Gasteiger partial charge < -0.3 is 24.5 Å². The molecular formula is C17H41O20P5. The van der Waals surface area contributed by atoms with E-state index in [-0.39, 0.29) is 6.61 Å². The van der Waals surface area contributed by atoms with Crippen molar-refractivity contribution in [2.75, 3.05) is 59.5 Å². The average Bonchev–Trinajstić information content (AvgIpc) is 2.77. The van der Waals surface area contributed by atoms with Gasteiger partial charge in [-0.05, 0) is 26.2 Å². The van der Waals surface area contributed by atoms with Gasteiger partial charge in [0.05, 0.1) is 65.1 Å². The van der Waals surface area contributed by atoms with Crippen LogP contribution >= 0.6 is 39.1 Å². The Kier molecular flexibility index (Phi) is 18.3. The minimum atomic E-state index is -4.75. The van der Waals surface area contributed by atoms with Gasteiger partial charge in [0.25, 0.3) is 0 Å². The molecule has 254 valence electrons. The van der Waals surface area contributed by atoms with Crippen molar-refractivity contribution in [2.24, 2.45) is 5.41 Å². The first-order chi connectivity index (χ1) is 18.7. The molecule has 5 N–H and O–H groups in total. The van der Waals surface area contributed by atoms with Crippen LogP contribution in [-0.2, 0) is 68.1 Å². The van der Waals surface area contributed by atoms with Crippen LogP contribution in [0.3, 0.4) is 0 Å². The largest absolute Gasteiger partial charge is 0.472 e. The summed E-state index contributed by atoms with van der Waals surface area (Å²) in [5.74, 6) is 0. The summed E-state index contributed by atoms with van der Waals surface area (Å²) in [5, 5.41) is 0. The number of rotatable bonds is 23. The molecule has 0 rings (SSSR count). The number of hydrogen-bond acceptors (Lipinski definition) is 15. The van der Waals surface area contributed by atoms with E-state index < -0.39 is 103 Å². The third kappa shape index (κ3) is 25.8. The van der Waals surface area contributed by atoms with Gasteiger partial charge in [-0.1, -0.05) is 20.8 Å². The molecule has 25 heteroatoms. The molecule has 0 spiro atoms. The maximum absolute atomic E-state index is 11.8. The average molecular weight is 720 g/mol. The van der Waals surface area contributed by atoms with Gasteiger partial charge in [0.2, 0.25) is 0 Å². The van der Waals surface area contributed by atoms with Gasteiger partial charge in [0.1, 0.15) is 0 Å². The summed E-state index contributed by atoms with van der Waals surface area (Å²) in [7, 11) is -23.0. The molecule has 0 aromatic carbocycles. The fourth-order valence-electron chi connectivity index (χ4n) is 2.02. The van der Waals surface area contributed by atoms with Gasteiger partial charge in [0, 0.05) is 0 Å². The van der Waals surface area contributed by atoms with Gasteiger partial charge in [-0.3, -0.25) is 45.2 Å². The van der Waals surface area contributed by atoms with Crippen LogP contribution in [0.25, 0.3) is 0 Å². The van der Waals surface area contributed by atoms with Crippen LogP contribution in [0.2, 0.25) is 0 Å². The normalized spacial score (nSPS) is 20.2. The van der Waals surface area contributed by atoms with E-state index in [4.69, 9.17) is 9.05 Å². The van der Waals surface area contributed by atoms with E-state index in [2.05, 4.69) is 36.2 Å². The monoisotopic (exact) mass is 720 g/mol. The summed E-state index contributed by atoms with van der Waals surface area (Å²) in [6.07, 6.45) is 0. The Labute approximate surface area is 243 Å². The van der Waals surface area contributed by atoms with Crippen LogP contribution in [0.4, 0.5) is 0 Å². The zero-order chi connectivity index (χ0) is 32.9. The Morgan fingerprint density at radius 1 is 0.405 bits per heavy atom. The summed E-state index contributed by atoms with van der Waals surface area (Å²) in [6.45, 7) is 4.29. The quantitative estimate of drug-likeness (QED) is 0.0746. The molecule has 20 nitrogen and oxygen atoms in total. The van der Waals surface area contributed by atoms with E-state index in [0.29, 0.717) is 0 Å². The minimum Gasteiger partial charge on any atom is -0.302 e. The Hall–Kier alpha value is 0.550. The van der Waals surface area contributed by atoms with Crippen molar-refractivity contribution in [3.05, 3.63) is 0 Å². The first-order valence-electron chi connectivity index (χ1n) is 11.9. The number of phosphoric ester groups is 5. The van der Waals surface area contributed by atoms with Gasteiger partial charge in [-0.2, -0.15) is 0 Å². The molecule has 42 heavy (non-hydrogen) atoms. The fourth-order valence-corrected chi connectivity index (χ4v) is 6.05. The van der Waals surface area contributed by atoms with Crippen LogP contribution in [0, 0.1) is 5.41 Å². The van der Waals surface area contributed by atoms with Crippen molar-refractivity contribution in [1.82, 2.24) is 0 Å². The van der Waals surface area contributed by atoms with E-state index >= 15 is 0 Å². The van der Waals surface area contributed by atoms with Crippen molar-refractivity contribution in [3.8, 4) is 0 Å². The molecule has 0 saturated carbocycles. The molecule has 0 aromatic rings. The third-order valence-electron chi connectivity index (χ3n) is 3.42. The molecule has 0 aliphatic carbocycles. The zero-order valence-corrected chi connectivity index (χ0v) is 28.4. The maximum Gasteiger partial charge on any atom is 0.472 e. The van der Waals surface area contributed by atoms with Gasteiger partial charge in [-0.25, -0.2) is 22.8 Å². The van der Waals surface area contributed by atoms with E-state index in [1.54, 1.807) is 20.8 Å². The zero-order valence-electron chi connectivity index (χ0n) is 24.0. The highest BCUT2D eigenvalue weighted by molar-refractivity contribution is 7.48. The fraction of sp³-hybridized carbons (Fsp3) is 1.00. The Balaban J connectivity index is 4.16. The molecule has 0 radical (unpaired) electrons. The Morgan fingerprint density at radius 3 is 0.833 bits per heavy atom. The standard InChI is InChI=1S/C17H41O20P5/c1-16(2,3)15-36-41(24,25)34-12-11-32-39(20,21)30-8-7-28-38(18,19)29-9-10-31-40(22,23)33-13-14-35-42(26,27)37-17(4,5)6/h7-15H2,1-6H3,(H,18,19)(H,20,21)(H,22,23)(H,24,25)(H,26,27). The van der Waals surface area contributed by atoms with Crippen molar-refractivity contribution in [3.63, 3.8) is 0 Å². The summed E-state index contributed by atoms with van der Waals surface area (Å²) in [6, 6.07) is 0. The minimum absolute atomic E-state index is 0.0896. The topological polar surface area (TPSA) is 279 Å². The summed E-state index contributed by atoms with van der Waals surface area (Å²) in [5.41, 5.74) is -1.41. The van der Waals surface area contributed by atoms with Crippen LogP contribution in [0.15, 0.2) is 0 Å². The van der Waals surface area contributed by atoms with Crippen molar-refractivity contribution in [2.45, 2.75) is 47.1 Å². The molecule has 0 bridgehead atoms. The molecule has 0 fully saturated rings. The molecule has 0 aliphatic heterocycles. The smallest absolute Gasteiger partial charge is 0.302 e. The second-order valence-electron chi connectivity index (χ2n) is 10.0. The second kappa shape index (κ2) is 18.0. The number of hydrogen-bond donors (Lipinski definition) is 5. The highest BCUT2D eigenvalue weighted by Crippen LogP contribution is 2.49.